The molecular weight excluding hydrogens is 260 g/mol. The zero-order valence-electron chi connectivity index (χ0n) is 9.98. The molecule has 0 aliphatic carbocycles. The lowest BCUT2D eigenvalue weighted by atomic mass is 10.2. The van der Waals surface area contributed by atoms with Crippen LogP contribution in [0.15, 0.2) is 24.3 Å². The first-order valence-electron chi connectivity index (χ1n) is 5.46. The molecule has 0 unspecified atom stereocenters. The van der Waals surface area contributed by atoms with Crippen LogP contribution in [0.25, 0.3) is 0 Å². The van der Waals surface area contributed by atoms with E-state index in [0.29, 0.717) is 24.7 Å². The molecule has 0 aromatic heterocycles. The summed E-state index contributed by atoms with van der Waals surface area (Å²) in [4.78, 5) is 0. The molecule has 0 saturated heterocycles. The van der Waals surface area contributed by atoms with E-state index in [1.54, 1.807) is 32.0 Å². The number of halogens is 1. The molecule has 1 aromatic rings. The van der Waals surface area contributed by atoms with E-state index < -0.39 is 10.2 Å². The third-order valence-electron chi connectivity index (χ3n) is 2.37. The zero-order chi connectivity index (χ0) is 12.9. The van der Waals surface area contributed by atoms with Crippen LogP contribution in [-0.2, 0) is 16.1 Å². The smallest absolute Gasteiger partial charge is 0.271 e. The minimum absolute atomic E-state index is 0.362. The number of hydrogen-bond donors (Lipinski definition) is 1. The third kappa shape index (κ3) is 3.87. The molecule has 0 amide bonds. The Balaban J connectivity index is 2.89. The molecule has 0 aliphatic rings. The SMILES string of the molecule is CCN(CC)S(=O)(=O)Nc1cccc(CCl)c1. The number of nitrogens with zero attached hydrogens (tertiary/aromatic N) is 1. The Kier molecular flexibility index (Phi) is 5.24. The molecule has 17 heavy (non-hydrogen) atoms. The number of rotatable bonds is 6. The highest BCUT2D eigenvalue weighted by Gasteiger charge is 2.18. The molecule has 0 saturated carbocycles. The highest BCUT2D eigenvalue weighted by atomic mass is 35.5. The van der Waals surface area contributed by atoms with E-state index in [0.717, 1.165) is 5.56 Å². The molecule has 96 valence electrons. The highest BCUT2D eigenvalue weighted by molar-refractivity contribution is 7.90. The number of nitrogens with one attached hydrogen (secondary N) is 1. The van der Waals surface area contributed by atoms with Crippen molar-refractivity contribution in [2.24, 2.45) is 0 Å². The van der Waals surface area contributed by atoms with Crippen molar-refractivity contribution in [3.05, 3.63) is 29.8 Å². The normalized spacial score (nSPS) is 11.8. The number of hydrogen-bond acceptors (Lipinski definition) is 2. The van der Waals surface area contributed by atoms with E-state index in [2.05, 4.69) is 4.72 Å². The monoisotopic (exact) mass is 276 g/mol. The van der Waals surface area contributed by atoms with E-state index in [4.69, 9.17) is 11.6 Å². The second kappa shape index (κ2) is 6.23. The minimum Gasteiger partial charge on any atom is -0.271 e. The van der Waals surface area contributed by atoms with Gasteiger partial charge in [0, 0.05) is 19.0 Å². The van der Waals surface area contributed by atoms with Gasteiger partial charge in [-0.15, -0.1) is 11.6 Å². The van der Waals surface area contributed by atoms with Crippen molar-refractivity contribution in [1.29, 1.82) is 0 Å². The van der Waals surface area contributed by atoms with E-state index in [-0.39, 0.29) is 0 Å². The quantitative estimate of drug-likeness (QED) is 0.811. The van der Waals surface area contributed by atoms with Crippen molar-refractivity contribution in [3.63, 3.8) is 0 Å². The Hall–Kier alpha value is -0.780. The van der Waals surface area contributed by atoms with Gasteiger partial charge in [0.25, 0.3) is 0 Å². The summed E-state index contributed by atoms with van der Waals surface area (Å²) in [6.07, 6.45) is 0. The maximum Gasteiger partial charge on any atom is 0.301 e. The number of alkyl halides is 1. The van der Waals surface area contributed by atoms with Crippen LogP contribution in [0.5, 0.6) is 0 Å². The van der Waals surface area contributed by atoms with E-state index in [1.165, 1.54) is 4.31 Å². The molecule has 1 N–H and O–H groups in total. The Labute approximate surface area is 108 Å². The second-order valence-electron chi connectivity index (χ2n) is 3.53. The average Bonchev–Trinajstić information content (AvgIpc) is 2.29. The maximum atomic E-state index is 11.9. The van der Waals surface area contributed by atoms with E-state index >= 15 is 0 Å². The summed E-state index contributed by atoms with van der Waals surface area (Å²) in [5.74, 6) is 0.362. The van der Waals surface area contributed by atoms with Crippen molar-refractivity contribution in [1.82, 2.24) is 4.31 Å². The molecule has 1 aromatic carbocycles. The summed E-state index contributed by atoms with van der Waals surface area (Å²) in [6, 6.07) is 7.06. The zero-order valence-corrected chi connectivity index (χ0v) is 11.6. The van der Waals surface area contributed by atoms with Crippen LogP contribution in [-0.4, -0.2) is 25.8 Å². The molecule has 0 fully saturated rings. The van der Waals surface area contributed by atoms with Crippen LogP contribution in [0.1, 0.15) is 19.4 Å². The fourth-order valence-electron chi connectivity index (χ4n) is 1.49. The third-order valence-corrected chi connectivity index (χ3v) is 4.37. The fourth-order valence-corrected chi connectivity index (χ4v) is 2.89. The number of anilines is 1. The summed E-state index contributed by atoms with van der Waals surface area (Å²) < 4.78 is 27.8. The van der Waals surface area contributed by atoms with Crippen LogP contribution in [0.2, 0.25) is 0 Å². The molecule has 0 aliphatic heterocycles. The van der Waals surface area contributed by atoms with Gasteiger partial charge in [-0.05, 0) is 17.7 Å². The van der Waals surface area contributed by atoms with Gasteiger partial charge >= 0.3 is 10.2 Å². The average molecular weight is 277 g/mol. The summed E-state index contributed by atoms with van der Waals surface area (Å²) in [7, 11) is -3.46. The molecule has 4 nitrogen and oxygen atoms in total. The van der Waals surface area contributed by atoms with Gasteiger partial charge in [0.05, 0.1) is 5.69 Å². The van der Waals surface area contributed by atoms with Crippen LogP contribution < -0.4 is 4.72 Å². The van der Waals surface area contributed by atoms with Crippen LogP contribution >= 0.6 is 11.6 Å². The first-order valence-corrected chi connectivity index (χ1v) is 7.43. The lowest BCUT2D eigenvalue weighted by Gasteiger charge is -2.19. The van der Waals surface area contributed by atoms with Crippen LogP contribution in [0.4, 0.5) is 5.69 Å². The molecule has 0 bridgehead atoms. The summed E-state index contributed by atoms with van der Waals surface area (Å²) in [5.41, 5.74) is 1.42. The second-order valence-corrected chi connectivity index (χ2v) is 5.46. The molecule has 0 spiro atoms. The van der Waals surface area contributed by atoms with Crippen LogP contribution in [0.3, 0.4) is 0 Å². The van der Waals surface area contributed by atoms with E-state index in [9.17, 15) is 8.42 Å². The first-order chi connectivity index (χ1) is 8.03. The van der Waals surface area contributed by atoms with Crippen molar-refractivity contribution < 1.29 is 8.42 Å². The van der Waals surface area contributed by atoms with Crippen molar-refractivity contribution in [2.75, 3.05) is 17.8 Å². The Morgan fingerprint density at radius 3 is 2.47 bits per heavy atom. The van der Waals surface area contributed by atoms with Gasteiger partial charge in [0.1, 0.15) is 0 Å². The van der Waals surface area contributed by atoms with Crippen LogP contribution in [0, 0.1) is 0 Å². The summed E-state index contributed by atoms with van der Waals surface area (Å²) in [6.45, 7) is 4.50. The lowest BCUT2D eigenvalue weighted by molar-refractivity contribution is 0.449. The van der Waals surface area contributed by atoms with Crippen molar-refractivity contribution in [2.45, 2.75) is 19.7 Å². The summed E-state index contributed by atoms with van der Waals surface area (Å²) in [5, 5.41) is 0. The summed E-state index contributed by atoms with van der Waals surface area (Å²) >= 11 is 5.70. The van der Waals surface area contributed by atoms with E-state index in [1.807, 2.05) is 6.07 Å². The fraction of sp³-hybridized carbons (Fsp3) is 0.455. The molecule has 1 rings (SSSR count). The topological polar surface area (TPSA) is 49.4 Å². The van der Waals surface area contributed by atoms with Crippen molar-refractivity contribution >= 4 is 27.5 Å². The van der Waals surface area contributed by atoms with Gasteiger partial charge in [-0.25, -0.2) is 0 Å². The Bertz CT molecular complexity index is 458. The van der Waals surface area contributed by atoms with Gasteiger partial charge in [-0.1, -0.05) is 26.0 Å². The van der Waals surface area contributed by atoms with Gasteiger partial charge < -0.3 is 0 Å². The molecule has 0 radical (unpaired) electrons. The van der Waals surface area contributed by atoms with Gasteiger partial charge in [-0.3, -0.25) is 4.72 Å². The molecule has 0 heterocycles. The highest BCUT2D eigenvalue weighted by Crippen LogP contribution is 2.15. The predicted octanol–water partition coefficient (Wildman–Crippen LogP) is 2.42. The van der Waals surface area contributed by atoms with Crippen molar-refractivity contribution in [3.8, 4) is 0 Å². The lowest BCUT2D eigenvalue weighted by Crippen LogP contribution is -2.35. The van der Waals surface area contributed by atoms with Gasteiger partial charge in [0.2, 0.25) is 0 Å². The predicted molar refractivity (Wildman–Crippen MR) is 71.5 cm³/mol. The Morgan fingerprint density at radius 1 is 1.29 bits per heavy atom. The number of benzene rings is 1. The minimum atomic E-state index is -3.46. The standard InChI is InChI=1S/C11H17ClN2O2S/c1-3-14(4-2)17(15,16)13-11-7-5-6-10(8-11)9-12/h5-8,13H,3-4,9H2,1-2H3. The van der Waals surface area contributed by atoms with Gasteiger partial charge in [0.15, 0.2) is 0 Å². The first kappa shape index (κ1) is 14.3. The molecule has 6 heteroatoms. The Morgan fingerprint density at radius 2 is 1.94 bits per heavy atom. The van der Waals surface area contributed by atoms with Gasteiger partial charge in [-0.2, -0.15) is 12.7 Å². The molecular formula is C11H17ClN2O2S. The largest absolute Gasteiger partial charge is 0.301 e. The molecule has 0 atom stereocenters. The maximum absolute atomic E-state index is 11.9.